The fourth-order valence-electron chi connectivity index (χ4n) is 6.52. The van der Waals surface area contributed by atoms with Crippen LogP contribution in [0.25, 0.3) is 11.1 Å². The van der Waals surface area contributed by atoms with E-state index in [1.54, 1.807) is 42.5 Å². The molecule has 2 aliphatic heterocycles. The summed E-state index contributed by atoms with van der Waals surface area (Å²) in [6.07, 6.45) is 1.67. The van der Waals surface area contributed by atoms with Crippen molar-refractivity contribution in [2.75, 3.05) is 18.9 Å². The quantitative estimate of drug-likeness (QED) is 0.0532. The van der Waals surface area contributed by atoms with E-state index in [0.717, 1.165) is 39.2 Å². The monoisotopic (exact) mass is 733 g/mol. The smallest absolute Gasteiger partial charge is 0.263 e. The fraction of sp³-hybridized carbons (Fsp3) is 0.244. The van der Waals surface area contributed by atoms with Crippen LogP contribution in [0.2, 0.25) is 0 Å². The topological polar surface area (TPSA) is 162 Å². The maximum Gasteiger partial charge on any atom is 0.263 e. The van der Waals surface area contributed by atoms with Gasteiger partial charge in [0.15, 0.2) is 0 Å². The van der Waals surface area contributed by atoms with Gasteiger partial charge in [0.05, 0.1) is 17.7 Å². The number of ether oxygens (including phenoxy) is 1. The molecule has 0 aromatic heterocycles. The number of allylic oxidation sites excluding steroid dienone is 1. The number of hydrogen-bond donors (Lipinski definition) is 4. The van der Waals surface area contributed by atoms with Gasteiger partial charge in [-0.05, 0) is 101 Å². The third kappa shape index (κ3) is 8.44. The van der Waals surface area contributed by atoms with Gasteiger partial charge in [-0.1, -0.05) is 49.4 Å². The van der Waals surface area contributed by atoms with Crippen LogP contribution in [0.4, 0.5) is 0 Å². The van der Waals surface area contributed by atoms with Crippen molar-refractivity contribution < 1.29 is 38.9 Å². The van der Waals surface area contributed by atoms with Crippen molar-refractivity contribution >= 4 is 52.4 Å². The molecule has 1 atom stereocenters. The molecule has 4 aromatic rings. The van der Waals surface area contributed by atoms with E-state index in [9.17, 15) is 34.2 Å². The van der Waals surface area contributed by atoms with Crippen molar-refractivity contribution in [1.82, 2.24) is 15.5 Å². The second kappa shape index (κ2) is 16.6. The summed E-state index contributed by atoms with van der Waals surface area (Å²) in [6.45, 7) is 2.66. The first kappa shape index (κ1) is 36.9. The Morgan fingerprint density at radius 2 is 1.51 bits per heavy atom. The number of thioether (sulfide) groups is 1. The number of phenols is 2. The molecule has 6 rings (SSSR count). The summed E-state index contributed by atoms with van der Waals surface area (Å²) in [5.41, 5.74) is 5.44. The third-order valence-corrected chi connectivity index (χ3v) is 10.2. The van der Waals surface area contributed by atoms with Gasteiger partial charge in [-0.3, -0.25) is 34.2 Å². The van der Waals surface area contributed by atoms with Crippen LogP contribution in [0.5, 0.6) is 17.2 Å². The second-order valence-corrected chi connectivity index (χ2v) is 13.7. The Labute approximate surface area is 311 Å². The molecule has 0 bridgehead atoms. The van der Waals surface area contributed by atoms with Gasteiger partial charge in [-0.25, -0.2) is 0 Å². The lowest BCUT2D eigenvalue weighted by Gasteiger charge is -2.27. The van der Waals surface area contributed by atoms with Crippen molar-refractivity contribution in [3.63, 3.8) is 0 Å². The molecule has 2 aliphatic rings. The van der Waals surface area contributed by atoms with Crippen LogP contribution in [0.3, 0.4) is 0 Å². The number of imide groups is 2. The molecule has 272 valence electrons. The number of benzene rings is 4. The molecule has 53 heavy (non-hydrogen) atoms. The van der Waals surface area contributed by atoms with E-state index in [1.165, 1.54) is 11.8 Å². The number of nitrogens with one attached hydrogen (secondary N) is 2. The summed E-state index contributed by atoms with van der Waals surface area (Å²) in [4.78, 5) is 64.4. The van der Waals surface area contributed by atoms with E-state index in [0.29, 0.717) is 29.4 Å². The number of phenolic OH excluding ortho intramolecular Hbond substituents is 2. The molecule has 0 spiro atoms. The van der Waals surface area contributed by atoms with Crippen LogP contribution in [0.1, 0.15) is 76.4 Å². The molecule has 0 aliphatic carbocycles. The third-order valence-electron chi connectivity index (χ3n) is 9.10. The lowest BCUT2D eigenvalue weighted by atomic mass is 9.88. The number of aromatic hydroxyl groups is 2. The Bertz CT molecular complexity index is 2060. The van der Waals surface area contributed by atoms with Crippen LogP contribution in [0.15, 0.2) is 95.9 Å². The highest BCUT2D eigenvalue weighted by Crippen LogP contribution is 2.37. The lowest BCUT2D eigenvalue weighted by molar-refractivity contribution is -0.136. The molecule has 4 N–H and O–H groups in total. The minimum atomic E-state index is -1.02. The van der Waals surface area contributed by atoms with Crippen LogP contribution in [-0.4, -0.2) is 69.6 Å². The van der Waals surface area contributed by atoms with Gasteiger partial charge in [-0.2, -0.15) is 0 Å². The van der Waals surface area contributed by atoms with Gasteiger partial charge in [0.2, 0.25) is 17.7 Å². The molecular weight excluding hydrogens is 695 g/mol. The van der Waals surface area contributed by atoms with Gasteiger partial charge in [0.1, 0.15) is 29.9 Å². The van der Waals surface area contributed by atoms with Crippen molar-refractivity contribution in [2.24, 2.45) is 0 Å². The van der Waals surface area contributed by atoms with E-state index in [2.05, 4.69) is 17.6 Å². The minimum absolute atomic E-state index is 0.0535. The van der Waals surface area contributed by atoms with Gasteiger partial charge < -0.3 is 20.3 Å². The van der Waals surface area contributed by atoms with Crippen molar-refractivity contribution in [1.29, 1.82) is 0 Å². The number of carbonyl (C=O) groups excluding carboxylic acids is 5. The number of rotatable bonds is 14. The highest BCUT2D eigenvalue weighted by Gasteiger charge is 2.45. The van der Waals surface area contributed by atoms with Crippen LogP contribution >= 0.6 is 11.8 Å². The Balaban J connectivity index is 0.985. The fourth-order valence-corrected chi connectivity index (χ4v) is 7.54. The zero-order valence-electron chi connectivity index (χ0n) is 29.1. The predicted octanol–water partition coefficient (Wildman–Crippen LogP) is 5.94. The first-order valence-corrected chi connectivity index (χ1v) is 18.4. The van der Waals surface area contributed by atoms with Crippen LogP contribution < -0.4 is 15.4 Å². The molecule has 1 fully saturated rings. The molecule has 0 radical (unpaired) electrons. The summed E-state index contributed by atoms with van der Waals surface area (Å²) in [7, 11) is 0. The highest BCUT2D eigenvalue weighted by atomic mass is 32.2. The van der Waals surface area contributed by atoms with Gasteiger partial charge in [-0.15, -0.1) is 11.8 Å². The van der Waals surface area contributed by atoms with Gasteiger partial charge in [0, 0.05) is 17.7 Å². The van der Waals surface area contributed by atoms with E-state index < -0.39 is 29.7 Å². The molecule has 5 amide bonds. The maximum atomic E-state index is 13.3. The summed E-state index contributed by atoms with van der Waals surface area (Å²) >= 11 is 1.37. The Morgan fingerprint density at radius 1 is 0.868 bits per heavy atom. The van der Waals surface area contributed by atoms with Gasteiger partial charge in [0.25, 0.3) is 11.8 Å². The average molecular weight is 734 g/mol. The predicted molar refractivity (Wildman–Crippen MR) is 200 cm³/mol. The minimum Gasteiger partial charge on any atom is -0.508 e. The van der Waals surface area contributed by atoms with E-state index in [1.807, 2.05) is 48.5 Å². The van der Waals surface area contributed by atoms with Crippen LogP contribution in [0, 0.1) is 0 Å². The molecule has 2 heterocycles. The molecule has 4 aromatic carbocycles. The lowest BCUT2D eigenvalue weighted by Crippen LogP contribution is -2.54. The molecule has 1 saturated heterocycles. The molecule has 12 heteroatoms. The van der Waals surface area contributed by atoms with Crippen molar-refractivity contribution in [2.45, 2.75) is 50.0 Å². The van der Waals surface area contributed by atoms with E-state index in [-0.39, 0.29) is 54.4 Å². The number of fused-ring (bicyclic) bond motifs is 1. The standard InChI is InChI=1S/C41H39N3O8S/c1-2-31(25-8-14-28(45)15-9-25)37(26-10-16-29(46)17-11-26)27-12-18-30(19-13-27)52-23-22-42-35(47)7-4-24-53-34-6-3-5-32-38(34)41(51)44(40(32)50)33-20-21-36(48)43-39(33)49/h3,5-6,8-19,33,45-46H,2,4,7,20-24H2,1H3,(H,42,47)(H,43,48,49). The Hall–Kier alpha value is -5.88. The van der Waals surface area contributed by atoms with Crippen molar-refractivity contribution in [3.8, 4) is 17.2 Å². The van der Waals surface area contributed by atoms with Crippen molar-refractivity contribution in [3.05, 3.63) is 119 Å². The zero-order chi connectivity index (χ0) is 37.5. The zero-order valence-corrected chi connectivity index (χ0v) is 29.9. The Kier molecular flexibility index (Phi) is 11.6. The summed E-state index contributed by atoms with van der Waals surface area (Å²) in [5.74, 6) is -0.769. The SMILES string of the molecule is CCC(=C(c1ccc(O)cc1)c1ccc(OCCNC(=O)CCCSc2cccc3c2C(=O)N(C2CCC(=O)NC2=O)C3=O)cc1)c1ccc(O)cc1. The molecular formula is C41H39N3O8S. The number of hydrogen-bond acceptors (Lipinski definition) is 9. The average Bonchev–Trinajstić information content (AvgIpc) is 3.41. The first-order chi connectivity index (χ1) is 25.6. The molecule has 11 nitrogen and oxygen atoms in total. The van der Waals surface area contributed by atoms with E-state index >= 15 is 0 Å². The largest absolute Gasteiger partial charge is 0.508 e. The first-order valence-electron chi connectivity index (χ1n) is 17.4. The maximum absolute atomic E-state index is 13.3. The normalized spacial score (nSPS) is 15.9. The summed E-state index contributed by atoms with van der Waals surface area (Å²) in [5, 5.41) is 24.8. The van der Waals surface area contributed by atoms with Crippen LogP contribution in [-0.2, 0) is 14.4 Å². The number of nitrogens with zero attached hydrogens (tertiary/aromatic N) is 1. The number of carbonyl (C=O) groups is 5. The van der Waals surface area contributed by atoms with E-state index in [4.69, 9.17) is 4.74 Å². The summed E-state index contributed by atoms with van der Waals surface area (Å²) < 4.78 is 5.91. The molecule has 0 saturated carbocycles. The Morgan fingerprint density at radius 3 is 2.15 bits per heavy atom. The summed E-state index contributed by atoms with van der Waals surface area (Å²) in [6, 6.07) is 25.8. The number of amides is 5. The molecule has 1 unspecified atom stereocenters. The van der Waals surface area contributed by atoms with Gasteiger partial charge >= 0.3 is 0 Å². The number of piperidine rings is 1. The highest BCUT2D eigenvalue weighted by molar-refractivity contribution is 7.99. The second-order valence-electron chi connectivity index (χ2n) is 12.6.